The highest BCUT2D eigenvalue weighted by atomic mass is 35.5. The van der Waals surface area contributed by atoms with Crippen LogP contribution in [0.25, 0.3) is 0 Å². The van der Waals surface area contributed by atoms with E-state index >= 15 is 0 Å². The fourth-order valence-corrected chi connectivity index (χ4v) is 4.38. The summed E-state index contributed by atoms with van der Waals surface area (Å²) in [5.74, 6) is 0.840. The van der Waals surface area contributed by atoms with Gasteiger partial charge in [0.2, 0.25) is 0 Å². The van der Waals surface area contributed by atoms with Gasteiger partial charge in [0.25, 0.3) is 0 Å². The fraction of sp³-hybridized carbons (Fsp3) is 0.647. The minimum absolute atomic E-state index is 0.297. The van der Waals surface area contributed by atoms with Crippen molar-refractivity contribution < 1.29 is 4.74 Å². The van der Waals surface area contributed by atoms with E-state index in [1.54, 1.807) is 0 Å². The standard InChI is InChI=1S/C17H23Cl2NO/c1-20-15-11-16(17(15)8-4-2-3-5-9-17)21-12-6-7-13(18)14(19)10-12/h6-7,10,15-16,20H,2-5,8-9,11H2,1H3. The Balaban J connectivity index is 1.76. The molecule has 4 heteroatoms. The number of benzene rings is 1. The van der Waals surface area contributed by atoms with Gasteiger partial charge in [0.05, 0.1) is 10.0 Å². The second-order valence-electron chi connectivity index (χ2n) is 6.41. The summed E-state index contributed by atoms with van der Waals surface area (Å²) in [6.07, 6.45) is 9.27. The monoisotopic (exact) mass is 327 g/mol. The third-order valence-corrected chi connectivity index (χ3v) is 6.08. The van der Waals surface area contributed by atoms with Crippen LogP contribution in [0.5, 0.6) is 5.75 Å². The molecule has 2 fully saturated rings. The smallest absolute Gasteiger partial charge is 0.121 e. The molecule has 2 saturated carbocycles. The molecule has 0 amide bonds. The number of halogens is 2. The molecule has 2 nitrogen and oxygen atoms in total. The lowest BCUT2D eigenvalue weighted by Gasteiger charge is -2.55. The molecule has 1 aromatic rings. The van der Waals surface area contributed by atoms with E-state index < -0.39 is 0 Å². The van der Waals surface area contributed by atoms with E-state index in [1.165, 1.54) is 38.5 Å². The first-order valence-corrected chi connectivity index (χ1v) is 8.70. The Labute approximate surface area is 137 Å². The van der Waals surface area contributed by atoms with Gasteiger partial charge in [-0.3, -0.25) is 0 Å². The van der Waals surface area contributed by atoms with E-state index in [4.69, 9.17) is 27.9 Å². The Morgan fingerprint density at radius 1 is 1.10 bits per heavy atom. The van der Waals surface area contributed by atoms with Crippen LogP contribution in [0.2, 0.25) is 10.0 Å². The fourth-order valence-electron chi connectivity index (χ4n) is 4.09. The van der Waals surface area contributed by atoms with Crippen LogP contribution >= 0.6 is 23.2 Å². The molecule has 0 aliphatic heterocycles. The molecule has 0 radical (unpaired) electrons. The summed E-state index contributed by atoms with van der Waals surface area (Å²) in [7, 11) is 2.08. The third kappa shape index (κ3) is 2.91. The van der Waals surface area contributed by atoms with Gasteiger partial charge in [-0.15, -0.1) is 0 Å². The predicted octanol–water partition coefficient (Wildman–Crippen LogP) is 5.07. The van der Waals surface area contributed by atoms with Crippen molar-refractivity contribution in [1.82, 2.24) is 5.32 Å². The SMILES string of the molecule is CNC1CC(Oc2ccc(Cl)c(Cl)c2)C12CCCCCC2. The zero-order chi connectivity index (χ0) is 14.9. The normalized spacial score (nSPS) is 28.0. The van der Waals surface area contributed by atoms with Gasteiger partial charge in [0, 0.05) is 23.9 Å². The summed E-state index contributed by atoms with van der Waals surface area (Å²) >= 11 is 12.1. The molecule has 0 heterocycles. The number of hydrogen-bond donors (Lipinski definition) is 1. The maximum absolute atomic E-state index is 6.28. The second-order valence-corrected chi connectivity index (χ2v) is 7.22. The maximum atomic E-state index is 6.28. The highest BCUT2D eigenvalue weighted by molar-refractivity contribution is 6.42. The first kappa shape index (κ1) is 15.5. The van der Waals surface area contributed by atoms with Crippen molar-refractivity contribution in [3.63, 3.8) is 0 Å². The quantitative estimate of drug-likeness (QED) is 0.836. The zero-order valence-corrected chi connectivity index (χ0v) is 14.0. The first-order valence-electron chi connectivity index (χ1n) is 7.95. The molecule has 1 spiro atoms. The van der Waals surface area contributed by atoms with Crippen LogP contribution in [0, 0.1) is 5.41 Å². The minimum atomic E-state index is 0.297. The van der Waals surface area contributed by atoms with Gasteiger partial charge in [-0.05, 0) is 32.0 Å². The van der Waals surface area contributed by atoms with Crippen molar-refractivity contribution in [3.05, 3.63) is 28.2 Å². The summed E-state index contributed by atoms with van der Waals surface area (Å²) in [6.45, 7) is 0. The summed E-state index contributed by atoms with van der Waals surface area (Å²) in [5, 5.41) is 4.64. The largest absolute Gasteiger partial charge is 0.490 e. The van der Waals surface area contributed by atoms with Crippen molar-refractivity contribution >= 4 is 23.2 Å². The summed E-state index contributed by atoms with van der Waals surface area (Å²) in [5.41, 5.74) is 0.303. The molecule has 2 aliphatic carbocycles. The molecule has 1 N–H and O–H groups in total. The van der Waals surface area contributed by atoms with Gasteiger partial charge in [0.1, 0.15) is 11.9 Å². The van der Waals surface area contributed by atoms with Crippen molar-refractivity contribution in [3.8, 4) is 5.75 Å². The molecule has 0 aromatic heterocycles. The van der Waals surface area contributed by atoms with Gasteiger partial charge < -0.3 is 10.1 Å². The highest BCUT2D eigenvalue weighted by Crippen LogP contribution is 2.52. The van der Waals surface area contributed by atoms with E-state index in [2.05, 4.69) is 12.4 Å². The van der Waals surface area contributed by atoms with Gasteiger partial charge in [-0.1, -0.05) is 48.9 Å². The van der Waals surface area contributed by atoms with Crippen molar-refractivity contribution in [2.24, 2.45) is 5.41 Å². The van der Waals surface area contributed by atoms with Crippen LogP contribution in [-0.2, 0) is 0 Å². The molecular formula is C17H23Cl2NO. The van der Waals surface area contributed by atoms with E-state index in [-0.39, 0.29) is 0 Å². The Morgan fingerprint density at radius 3 is 2.43 bits per heavy atom. The third-order valence-electron chi connectivity index (χ3n) is 5.34. The van der Waals surface area contributed by atoms with Crippen LogP contribution in [-0.4, -0.2) is 19.2 Å². The number of ether oxygens (including phenoxy) is 1. The lowest BCUT2D eigenvalue weighted by Crippen LogP contribution is -2.64. The molecule has 2 unspecified atom stereocenters. The molecular weight excluding hydrogens is 305 g/mol. The van der Waals surface area contributed by atoms with Gasteiger partial charge in [-0.25, -0.2) is 0 Å². The molecule has 21 heavy (non-hydrogen) atoms. The minimum Gasteiger partial charge on any atom is -0.490 e. The van der Waals surface area contributed by atoms with E-state index in [1.807, 2.05) is 18.2 Å². The van der Waals surface area contributed by atoms with Crippen LogP contribution in [0.3, 0.4) is 0 Å². The van der Waals surface area contributed by atoms with Gasteiger partial charge in [0.15, 0.2) is 0 Å². The van der Waals surface area contributed by atoms with E-state index in [9.17, 15) is 0 Å². The maximum Gasteiger partial charge on any atom is 0.121 e. The van der Waals surface area contributed by atoms with Crippen molar-refractivity contribution in [2.45, 2.75) is 57.1 Å². The van der Waals surface area contributed by atoms with Crippen LogP contribution in [0.1, 0.15) is 44.9 Å². The lowest BCUT2D eigenvalue weighted by atomic mass is 9.58. The Bertz CT molecular complexity index is 498. The second kappa shape index (κ2) is 6.36. The molecule has 1 aromatic carbocycles. The Kier molecular flexibility index (Phi) is 4.68. The van der Waals surface area contributed by atoms with E-state index in [0.717, 1.165) is 12.2 Å². The molecule has 2 aliphatic rings. The molecule has 116 valence electrons. The topological polar surface area (TPSA) is 21.3 Å². The lowest BCUT2D eigenvalue weighted by molar-refractivity contribution is -0.0881. The average Bonchev–Trinajstić information content (AvgIpc) is 2.74. The summed E-state index contributed by atoms with van der Waals surface area (Å²) in [6, 6.07) is 6.16. The van der Waals surface area contributed by atoms with Crippen LogP contribution < -0.4 is 10.1 Å². The van der Waals surface area contributed by atoms with Crippen molar-refractivity contribution in [1.29, 1.82) is 0 Å². The first-order chi connectivity index (χ1) is 10.2. The zero-order valence-electron chi connectivity index (χ0n) is 12.5. The number of nitrogens with one attached hydrogen (secondary N) is 1. The van der Waals surface area contributed by atoms with E-state index in [0.29, 0.717) is 27.6 Å². The summed E-state index contributed by atoms with van der Waals surface area (Å²) < 4.78 is 6.28. The Morgan fingerprint density at radius 2 is 1.81 bits per heavy atom. The molecule has 0 bridgehead atoms. The van der Waals surface area contributed by atoms with Gasteiger partial charge >= 0.3 is 0 Å². The van der Waals surface area contributed by atoms with Gasteiger partial charge in [-0.2, -0.15) is 0 Å². The van der Waals surface area contributed by atoms with Crippen LogP contribution in [0.4, 0.5) is 0 Å². The van der Waals surface area contributed by atoms with Crippen LogP contribution in [0.15, 0.2) is 18.2 Å². The predicted molar refractivity (Wildman–Crippen MR) is 88.5 cm³/mol. The number of rotatable bonds is 3. The average molecular weight is 328 g/mol. The number of hydrogen-bond acceptors (Lipinski definition) is 2. The molecule has 2 atom stereocenters. The highest BCUT2D eigenvalue weighted by Gasteiger charge is 2.55. The molecule has 0 saturated heterocycles. The van der Waals surface area contributed by atoms with Crippen molar-refractivity contribution in [2.75, 3.05) is 7.05 Å². The molecule has 3 rings (SSSR count). The summed E-state index contributed by atoms with van der Waals surface area (Å²) in [4.78, 5) is 0. The Hall–Kier alpha value is -0.440.